The zero-order valence-electron chi connectivity index (χ0n) is 16.1. The highest BCUT2D eigenvalue weighted by atomic mass is 19.1. The van der Waals surface area contributed by atoms with Crippen molar-refractivity contribution in [1.82, 2.24) is 9.55 Å². The third-order valence-corrected chi connectivity index (χ3v) is 5.15. The lowest BCUT2D eigenvalue weighted by molar-refractivity contribution is -0.133. The maximum atomic E-state index is 14.5. The molecule has 2 aromatic carbocycles. The van der Waals surface area contributed by atoms with Gasteiger partial charge in [-0.15, -0.1) is 0 Å². The molecule has 0 bridgehead atoms. The van der Waals surface area contributed by atoms with Crippen molar-refractivity contribution in [2.75, 3.05) is 7.11 Å². The minimum Gasteiger partial charge on any atom is -0.497 e. The summed E-state index contributed by atoms with van der Waals surface area (Å²) in [6, 6.07) is 10.5. The Morgan fingerprint density at radius 2 is 1.73 bits per heavy atom. The van der Waals surface area contributed by atoms with E-state index in [-0.39, 0.29) is 23.9 Å². The fourth-order valence-corrected chi connectivity index (χ4v) is 3.65. The zero-order valence-corrected chi connectivity index (χ0v) is 16.1. The maximum absolute atomic E-state index is 14.5. The maximum Gasteiger partial charge on any atom is 0.285 e. The molecule has 7 nitrogen and oxygen atoms in total. The first-order chi connectivity index (χ1) is 14.4. The molecule has 0 spiro atoms. The van der Waals surface area contributed by atoms with Crippen LogP contribution < -0.4 is 10.3 Å². The Morgan fingerprint density at radius 1 is 1.07 bits per heavy atom. The van der Waals surface area contributed by atoms with Crippen molar-refractivity contribution in [2.45, 2.75) is 19.3 Å². The van der Waals surface area contributed by atoms with Gasteiger partial charge in [-0.25, -0.2) is 9.37 Å². The van der Waals surface area contributed by atoms with Crippen LogP contribution in [-0.2, 0) is 9.59 Å². The molecule has 1 saturated carbocycles. The van der Waals surface area contributed by atoms with E-state index in [1.165, 1.54) is 19.2 Å². The molecule has 0 amide bonds. The van der Waals surface area contributed by atoms with E-state index in [0.717, 1.165) is 10.6 Å². The van der Waals surface area contributed by atoms with Crippen LogP contribution in [0.2, 0.25) is 0 Å². The van der Waals surface area contributed by atoms with Gasteiger partial charge in [0.15, 0.2) is 23.1 Å². The van der Waals surface area contributed by atoms with Crippen molar-refractivity contribution < 1.29 is 23.5 Å². The smallest absolute Gasteiger partial charge is 0.285 e. The minimum absolute atomic E-state index is 0.0801. The van der Waals surface area contributed by atoms with Gasteiger partial charge in [0, 0.05) is 18.5 Å². The van der Waals surface area contributed by atoms with Gasteiger partial charge in [0.05, 0.1) is 12.6 Å². The molecule has 0 unspecified atom stereocenters. The molecule has 1 aliphatic carbocycles. The summed E-state index contributed by atoms with van der Waals surface area (Å²) in [5.74, 6) is -3.81. The first kappa shape index (κ1) is 19.6. The summed E-state index contributed by atoms with van der Waals surface area (Å²) in [4.78, 5) is 54.7. The van der Waals surface area contributed by atoms with Gasteiger partial charge in [0.25, 0.3) is 5.56 Å². The predicted molar refractivity (Wildman–Crippen MR) is 106 cm³/mol. The summed E-state index contributed by atoms with van der Waals surface area (Å²) in [5.41, 5.74) is -1.14. The SMILES string of the molecule is COc1ccc(-n2c(=O)c(C(=O)C3C(=O)CCCC3=O)nc3c(F)cccc32)cc1. The molecule has 152 valence electrons. The molecule has 1 fully saturated rings. The van der Waals surface area contributed by atoms with Gasteiger partial charge in [-0.2, -0.15) is 0 Å². The Hall–Kier alpha value is -3.68. The number of carbonyl (C=O) groups is 3. The van der Waals surface area contributed by atoms with E-state index in [0.29, 0.717) is 17.9 Å². The highest BCUT2D eigenvalue weighted by Gasteiger charge is 2.39. The molecule has 1 aliphatic rings. The molecule has 0 aliphatic heterocycles. The number of carbonyl (C=O) groups excluding carboxylic acids is 3. The third-order valence-electron chi connectivity index (χ3n) is 5.15. The summed E-state index contributed by atoms with van der Waals surface area (Å²) < 4.78 is 20.8. The highest BCUT2D eigenvalue weighted by molar-refractivity contribution is 6.24. The van der Waals surface area contributed by atoms with E-state index in [4.69, 9.17) is 4.74 Å². The van der Waals surface area contributed by atoms with E-state index >= 15 is 0 Å². The largest absolute Gasteiger partial charge is 0.497 e. The number of para-hydroxylation sites is 1. The average molecular weight is 408 g/mol. The number of ether oxygens (including phenoxy) is 1. The standard InChI is InChI=1S/C22H17FN2O5/c1-30-13-10-8-12(9-11-13)25-15-5-2-4-14(23)19(15)24-20(22(25)29)21(28)18-16(26)6-3-7-17(18)27/h2,4-5,8-11,18H,3,6-7H2,1H3. The van der Waals surface area contributed by atoms with Crippen LogP contribution in [0.25, 0.3) is 16.7 Å². The van der Waals surface area contributed by atoms with Gasteiger partial charge < -0.3 is 4.74 Å². The summed E-state index contributed by atoms with van der Waals surface area (Å²) >= 11 is 0. The molecule has 0 radical (unpaired) electrons. The average Bonchev–Trinajstić information content (AvgIpc) is 2.73. The van der Waals surface area contributed by atoms with Crippen LogP contribution in [0.1, 0.15) is 29.8 Å². The normalized spacial score (nSPS) is 14.9. The van der Waals surface area contributed by atoms with Gasteiger partial charge in [-0.1, -0.05) is 6.07 Å². The number of hydrogen-bond acceptors (Lipinski definition) is 6. The molecule has 4 rings (SSSR count). The van der Waals surface area contributed by atoms with E-state index in [1.807, 2.05) is 0 Å². The molecular weight excluding hydrogens is 391 g/mol. The van der Waals surface area contributed by atoms with Crippen molar-refractivity contribution in [3.05, 3.63) is 64.3 Å². The van der Waals surface area contributed by atoms with Crippen molar-refractivity contribution in [2.24, 2.45) is 5.92 Å². The van der Waals surface area contributed by atoms with E-state index < -0.39 is 40.3 Å². The summed E-state index contributed by atoms with van der Waals surface area (Å²) in [6.07, 6.45) is 0.533. The lowest BCUT2D eigenvalue weighted by atomic mass is 9.83. The predicted octanol–water partition coefficient (Wildman–Crippen LogP) is 2.65. The first-order valence-corrected chi connectivity index (χ1v) is 9.37. The van der Waals surface area contributed by atoms with Crippen LogP contribution in [-0.4, -0.2) is 34.0 Å². The molecule has 1 aromatic heterocycles. The van der Waals surface area contributed by atoms with Gasteiger partial charge in [0.2, 0.25) is 5.78 Å². The number of fused-ring (bicyclic) bond motifs is 1. The number of nitrogens with zero attached hydrogens (tertiary/aromatic N) is 2. The highest BCUT2D eigenvalue weighted by Crippen LogP contribution is 2.24. The number of halogens is 1. The van der Waals surface area contributed by atoms with Gasteiger partial charge >= 0.3 is 0 Å². The summed E-state index contributed by atoms with van der Waals surface area (Å²) in [5, 5.41) is 0. The van der Waals surface area contributed by atoms with Gasteiger partial charge in [-0.3, -0.25) is 23.7 Å². The van der Waals surface area contributed by atoms with Crippen LogP contribution in [0, 0.1) is 11.7 Å². The monoisotopic (exact) mass is 408 g/mol. The van der Waals surface area contributed by atoms with Gasteiger partial charge in [0.1, 0.15) is 17.2 Å². The van der Waals surface area contributed by atoms with E-state index in [9.17, 15) is 23.6 Å². The van der Waals surface area contributed by atoms with Crippen LogP contribution in [0.15, 0.2) is 47.3 Å². The molecule has 0 atom stereocenters. The van der Waals surface area contributed by atoms with Crippen molar-refractivity contribution in [3.8, 4) is 11.4 Å². The molecule has 30 heavy (non-hydrogen) atoms. The van der Waals surface area contributed by atoms with E-state index in [2.05, 4.69) is 4.98 Å². The number of aromatic nitrogens is 2. The third kappa shape index (κ3) is 3.20. The van der Waals surface area contributed by atoms with Gasteiger partial charge in [-0.05, 0) is 42.8 Å². The fraction of sp³-hybridized carbons (Fsp3) is 0.227. The number of Topliss-reactive ketones (excluding diaryl/α,β-unsaturated/α-hetero) is 3. The van der Waals surface area contributed by atoms with Crippen LogP contribution in [0.3, 0.4) is 0 Å². The summed E-state index contributed by atoms with van der Waals surface area (Å²) in [7, 11) is 1.49. The second-order valence-electron chi connectivity index (χ2n) is 6.99. The Bertz CT molecular complexity index is 1230. The van der Waals surface area contributed by atoms with E-state index in [1.54, 1.807) is 24.3 Å². The quantitative estimate of drug-likeness (QED) is 0.487. The second kappa shape index (κ2) is 7.62. The van der Waals surface area contributed by atoms with Crippen LogP contribution >= 0.6 is 0 Å². The second-order valence-corrected chi connectivity index (χ2v) is 6.99. The minimum atomic E-state index is -1.56. The molecule has 3 aromatic rings. The lowest BCUT2D eigenvalue weighted by Crippen LogP contribution is -2.39. The molecule has 0 N–H and O–H groups in total. The number of rotatable bonds is 4. The Labute approximate surface area is 170 Å². The molecule has 1 heterocycles. The lowest BCUT2D eigenvalue weighted by Gasteiger charge is -2.18. The summed E-state index contributed by atoms with van der Waals surface area (Å²) in [6.45, 7) is 0. The first-order valence-electron chi connectivity index (χ1n) is 9.37. The van der Waals surface area contributed by atoms with Crippen molar-refractivity contribution >= 4 is 28.4 Å². The Balaban J connectivity index is 1.97. The molecule has 0 saturated heterocycles. The number of benzene rings is 2. The van der Waals surface area contributed by atoms with Crippen molar-refractivity contribution in [1.29, 1.82) is 0 Å². The number of methoxy groups -OCH3 is 1. The fourth-order valence-electron chi connectivity index (χ4n) is 3.65. The topological polar surface area (TPSA) is 95.3 Å². The zero-order chi connectivity index (χ0) is 21.4. The molecule has 8 heteroatoms. The Morgan fingerprint density at radius 3 is 2.37 bits per heavy atom. The van der Waals surface area contributed by atoms with Crippen LogP contribution in [0.4, 0.5) is 4.39 Å². The van der Waals surface area contributed by atoms with Crippen LogP contribution in [0.5, 0.6) is 5.75 Å². The number of hydrogen-bond donors (Lipinski definition) is 0. The molecular formula is C22H17FN2O5. The van der Waals surface area contributed by atoms with Crippen molar-refractivity contribution in [3.63, 3.8) is 0 Å². The number of ketones is 3. The Kier molecular flexibility index (Phi) is 4.99.